The molecule has 1 aliphatic heterocycles. The Hall–Kier alpha value is -3.42. The molecule has 1 saturated carbocycles. The lowest BCUT2D eigenvalue weighted by Crippen LogP contribution is -2.55. The normalized spacial score (nSPS) is 19.9. The van der Waals surface area contributed by atoms with E-state index >= 15 is 0 Å². The van der Waals surface area contributed by atoms with Crippen LogP contribution in [0.4, 0.5) is 9.18 Å². The first-order chi connectivity index (χ1) is 15.2. The summed E-state index contributed by atoms with van der Waals surface area (Å²) < 4.78 is 19.4. The zero-order valence-electron chi connectivity index (χ0n) is 18.0. The van der Waals surface area contributed by atoms with Crippen LogP contribution in [0.25, 0.3) is 22.4 Å². The van der Waals surface area contributed by atoms with Gasteiger partial charge in [0.2, 0.25) is 0 Å². The van der Waals surface area contributed by atoms with Gasteiger partial charge in [-0.2, -0.15) is 0 Å². The van der Waals surface area contributed by atoms with Gasteiger partial charge >= 0.3 is 6.09 Å². The fourth-order valence-electron chi connectivity index (χ4n) is 4.38. The van der Waals surface area contributed by atoms with E-state index in [1.165, 1.54) is 17.0 Å². The van der Waals surface area contributed by atoms with Crippen LogP contribution in [0, 0.1) is 5.82 Å². The lowest BCUT2D eigenvalue weighted by atomic mass is 9.96. The molecule has 1 aromatic carbocycles. The molecule has 1 atom stereocenters. The third-order valence-corrected chi connectivity index (χ3v) is 6.64. The highest BCUT2D eigenvalue weighted by atomic mass is 19.1. The molecule has 5 rings (SSSR count). The second kappa shape index (κ2) is 7.32. The molecule has 1 saturated heterocycles. The van der Waals surface area contributed by atoms with Gasteiger partial charge in [0.05, 0.1) is 5.69 Å². The van der Waals surface area contributed by atoms with Crippen molar-refractivity contribution in [3.63, 3.8) is 0 Å². The summed E-state index contributed by atoms with van der Waals surface area (Å²) >= 11 is 0. The van der Waals surface area contributed by atoms with Crippen molar-refractivity contribution < 1.29 is 23.5 Å². The van der Waals surface area contributed by atoms with Gasteiger partial charge in [0.25, 0.3) is 5.91 Å². The van der Waals surface area contributed by atoms with Crippen molar-refractivity contribution in [2.24, 2.45) is 0 Å². The monoisotopic (exact) mass is 437 g/mol. The van der Waals surface area contributed by atoms with Crippen molar-refractivity contribution in [1.29, 1.82) is 0 Å². The number of carbonyl (C=O) groups is 2. The Morgan fingerprint density at radius 3 is 2.53 bits per heavy atom. The maximum atomic E-state index is 13.4. The van der Waals surface area contributed by atoms with E-state index in [0.29, 0.717) is 29.9 Å². The van der Waals surface area contributed by atoms with Crippen molar-refractivity contribution in [2.45, 2.75) is 38.1 Å². The Kier molecular flexibility index (Phi) is 4.69. The van der Waals surface area contributed by atoms with Crippen LogP contribution >= 0.6 is 0 Å². The van der Waals surface area contributed by atoms with E-state index in [1.807, 2.05) is 6.07 Å². The van der Waals surface area contributed by atoms with Gasteiger partial charge < -0.3 is 19.3 Å². The molecular formula is C24H24FN3O4. The van der Waals surface area contributed by atoms with Gasteiger partial charge in [-0.05, 0) is 55.5 Å². The number of carbonyl (C=O) groups excluding carboxylic acids is 1. The predicted molar refractivity (Wildman–Crippen MR) is 116 cm³/mol. The van der Waals surface area contributed by atoms with E-state index in [2.05, 4.69) is 6.92 Å². The first-order valence-corrected chi connectivity index (χ1v) is 10.7. The topological polar surface area (TPSA) is 86.9 Å². The molecule has 166 valence electrons. The van der Waals surface area contributed by atoms with Crippen molar-refractivity contribution in [3.05, 3.63) is 53.5 Å². The number of benzene rings is 1. The number of amides is 2. The summed E-state index contributed by atoms with van der Waals surface area (Å²) in [7, 11) is 0. The van der Waals surface area contributed by atoms with Gasteiger partial charge in [0, 0.05) is 42.9 Å². The maximum absolute atomic E-state index is 13.4. The van der Waals surface area contributed by atoms with Gasteiger partial charge in [-0.15, -0.1) is 0 Å². The summed E-state index contributed by atoms with van der Waals surface area (Å²) in [4.78, 5) is 32.1. The Labute approximate surface area is 184 Å². The van der Waals surface area contributed by atoms with Gasteiger partial charge in [0.15, 0.2) is 11.3 Å². The van der Waals surface area contributed by atoms with E-state index < -0.39 is 6.09 Å². The van der Waals surface area contributed by atoms with Crippen LogP contribution in [0.1, 0.15) is 42.8 Å². The molecular weight excluding hydrogens is 413 g/mol. The number of rotatable bonds is 3. The van der Waals surface area contributed by atoms with Crippen molar-refractivity contribution in [1.82, 2.24) is 14.8 Å². The Bertz CT molecular complexity index is 1220. The number of pyridine rings is 1. The lowest BCUT2D eigenvalue weighted by Gasteiger charge is -2.37. The van der Waals surface area contributed by atoms with Crippen LogP contribution in [0.3, 0.4) is 0 Å². The highest BCUT2D eigenvalue weighted by Gasteiger charge is 2.42. The second-order valence-electron chi connectivity index (χ2n) is 9.02. The number of hydrogen-bond acceptors (Lipinski definition) is 4. The number of fused-ring (bicyclic) bond motifs is 1. The molecule has 3 heterocycles. The fraction of sp³-hybridized carbons (Fsp3) is 0.375. The van der Waals surface area contributed by atoms with E-state index in [-0.39, 0.29) is 35.5 Å². The zero-order valence-corrected chi connectivity index (χ0v) is 18.0. The molecule has 2 fully saturated rings. The third kappa shape index (κ3) is 3.49. The number of carboxylic acid groups (broad SMARTS) is 1. The summed E-state index contributed by atoms with van der Waals surface area (Å²) in [6.07, 6.45) is 1.06. The van der Waals surface area contributed by atoms with Gasteiger partial charge in [-0.25, -0.2) is 14.2 Å². The molecule has 8 heteroatoms. The quantitative estimate of drug-likeness (QED) is 0.652. The smallest absolute Gasteiger partial charge is 0.407 e. The molecule has 7 nitrogen and oxygen atoms in total. The molecule has 1 N–H and O–H groups in total. The largest absolute Gasteiger partial charge is 0.465 e. The molecule has 0 bridgehead atoms. The highest BCUT2D eigenvalue weighted by molar-refractivity contribution is 5.96. The molecule has 2 aliphatic rings. The minimum Gasteiger partial charge on any atom is -0.465 e. The SMILES string of the molecule is C[C@H]1CN(C(=O)c2cc3nc(-c4ccc(F)cc4)cc(C4(C)CC4)c3o2)CCN1C(=O)O. The highest BCUT2D eigenvalue weighted by Crippen LogP contribution is 2.50. The average Bonchev–Trinajstić information content (AvgIpc) is 3.37. The van der Waals surface area contributed by atoms with E-state index in [0.717, 1.165) is 24.0 Å². The number of furan rings is 1. The first-order valence-electron chi connectivity index (χ1n) is 10.7. The summed E-state index contributed by atoms with van der Waals surface area (Å²) in [6.45, 7) is 4.83. The summed E-state index contributed by atoms with van der Waals surface area (Å²) in [6, 6.07) is 9.54. The number of nitrogens with zero attached hydrogens (tertiary/aromatic N) is 3. The molecule has 0 unspecified atom stereocenters. The average molecular weight is 437 g/mol. The van der Waals surface area contributed by atoms with Crippen molar-refractivity contribution >= 4 is 23.1 Å². The van der Waals surface area contributed by atoms with E-state index in [1.54, 1.807) is 30.0 Å². The Balaban J connectivity index is 1.51. The number of hydrogen-bond donors (Lipinski definition) is 1. The van der Waals surface area contributed by atoms with Gasteiger partial charge in [-0.3, -0.25) is 4.79 Å². The molecule has 3 aromatic rings. The molecule has 32 heavy (non-hydrogen) atoms. The van der Waals surface area contributed by atoms with Gasteiger partial charge in [-0.1, -0.05) is 6.92 Å². The van der Waals surface area contributed by atoms with Crippen molar-refractivity contribution in [2.75, 3.05) is 19.6 Å². The lowest BCUT2D eigenvalue weighted by molar-refractivity contribution is 0.0484. The number of piperazine rings is 1. The standard InChI is InChI=1S/C24H24FN3O4/c1-14-13-27(9-10-28(14)23(30)31)22(29)20-12-19-21(32-20)17(24(2)7-8-24)11-18(26-19)15-3-5-16(25)6-4-15/h3-6,11-12,14H,7-10,13H2,1-2H3,(H,30,31)/t14-/m0/s1. The summed E-state index contributed by atoms with van der Waals surface area (Å²) in [5.74, 6) is -0.377. The third-order valence-electron chi connectivity index (χ3n) is 6.64. The first kappa shape index (κ1) is 20.5. The zero-order chi connectivity index (χ0) is 22.6. The van der Waals surface area contributed by atoms with Crippen LogP contribution < -0.4 is 0 Å². The van der Waals surface area contributed by atoms with Crippen molar-refractivity contribution in [3.8, 4) is 11.3 Å². The number of halogens is 1. The van der Waals surface area contributed by atoms with Crippen LogP contribution in [0.15, 0.2) is 40.8 Å². The van der Waals surface area contributed by atoms with Crippen LogP contribution in [-0.4, -0.2) is 57.6 Å². The van der Waals surface area contributed by atoms with Crippen LogP contribution in [0.5, 0.6) is 0 Å². The number of aromatic nitrogens is 1. The van der Waals surface area contributed by atoms with E-state index in [4.69, 9.17) is 9.40 Å². The summed E-state index contributed by atoms with van der Waals surface area (Å²) in [5, 5.41) is 9.27. The Morgan fingerprint density at radius 1 is 1.19 bits per heavy atom. The van der Waals surface area contributed by atoms with Gasteiger partial charge in [0.1, 0.15) is 11.3 Å². The predicted octanol–water partition coefficient (Wildman–Crippen LogP) is 4.51. The molecule has 0 spiro atoms. The minimum absolute atomic E-state index is 0.0320. The molecule has 2 aromatic heterocycles. The summed E-state index contributed by atoms with van der Waals surface area (Å²) in [5.41, 5.74) is 3.68. The molecule has 0 radical (unpaired) electrons. The maximum Gasteiger partial charge on any atom is 0.407 e. The molecule has 2 amide bonds. The van der Waals surface area contributed by atoms with Crippen LogP contribution in [0.2, 0.25) is 0 Å². The Morgan fingerprint density at radius 2 is 1.91 bits per heavy atom. The fourth-order valence-corrected chi connectivity index (χ4v) is 4.38. The van der Waals surface area contributed by atoms with E-state index in [9.17, 15) is 19.1 Å². The second-order valence-corrected chi connectivity index (χ2v) is 9.02. The minimum atomic E-state index is -0.979. The molecule has 1 aliphatic carbocycles. The van der Waals surface area contributed by atoms with Crippen LogP contribution in [-0.2, 0) is 5.41 Å².